The molecule has 0 bridgehead atoms. The minimum Gasteiger partial charge on any atom is -0.393 e. The zero-order valence-corrected chi connectivity index (χ0v) is 11.6. The Morgan fingerprint density at radius 2 is 2.00 bits per heavy atom. The van der Waals surface area contributed by atoms with Crippen LogP contribution < -0.4 is 4.90 Å². The normalized spacial score (nSPS) is 20.1. The van der Waals surface area contributed by atoms with Crippen LogP contribution in [-0.2, 0) is 0 Å². The van der Waals surface area contributed by atoms with Crippen LogP contribution in [0.1, 0.15) is 18.9 Å². The highest BCUT2D eigenvalue weighted by molar-refractivity contribution is 5.97. The summed E-state index contributed by atoms with van der Waals surface area (Å²) in [7, 11) is 0. The van der Waals surface area contributed by atoms with Gasteiger partial charge in [-0.2, -0.15) is 5.26 Å². The molecular weight excluding hydrogens is 248 g/mol. The predicted molar refractivity (Wildman–Crippen MR) is 80.7 cm³/mol. The maximum absolute atomic E-state index is 9.74. The molecule has 1 aliphatic rings. The van der Waals surface area contributed by atoms with Gasteiger partial charge in [0.25, 0.3) is 0 Å². The lowest BCUT2D eigenvalue weighted by molar-refractivity contribution is 0.136. The molecule has 0 amide bonds. The van der Waals surface area contributed by atoms with Crippen molar-refractivity contribution >= 4 is 16.5 Å². The maximum atomic E-state index is 9.74. The molecule has 1 saturated heterocycles. The Morgan fingerprint density at radius 1 is 1.25 bits per heavy atom. The standard InChI is InChI=1S/C17H18N2O/c1-12(20)14-8-9-19(11-14)17-7-6-13(10-18)15-4-2-3-5-16(15)17/h2-7,12,14,20H,8-9,11H2,1H3. The van der Waals surface area contributed by atoms with Crippen LogP contribution in [-0.4, -0.2) is 24.3 Å². The number of benzene rings is 2. The number of aliphatic hydroxyl groups is 1. The van der Waals surface area contributed by atoms with Gasteiger partial charge in [-0.25, -0.2) is 0 Å². The SMILES string of the molecule is CC(O)C1CCN(c2ccc(C#N)c3ccccc23)C1. The van der Waals surface area contributed by atoms with Crippen LogP contribution >= 0.6 is 0 Å². The molecule has 1 N–H and O–H groups in total. The lowest BCUT2D eigenvalue weighted by atomic mass is 10.0. The highest BCUT2D eigenvalue weighted by atomic mass is 16.3. The van der Waals surface area contributed by atoms with Crippen molar-refractivity contribution in [1.82, 2.24) is 0 Å². The molecule has 102 valence electrons. The lowest BCUT2D eigenvalue weighted by Gasteiger charge is -2.22. The van der Waals surface area contributed by atoms with E-state index in [0.717, 1.165) is 35.8 Å². The Kier molecular flexibility index (Phi) is 3.33. The molecule has 0 saturated carbocycles. The molecule has 0 aromatic heterocycles. The first-order chi connectivity index (χ1) is 9.70. The number of hydrogen-bond donors (Lipinski definition) is 1. The van der Waals surface area contributed by atoms with Crippen molar-refractivity contribution < 1.29 is 5.11 Å². The van der Waals surface area contributed by atoms with E-state index in [9.17, 15) is 10.4 Å². The van der Waals surface area contributed by atoms with Gasteiger partial charge in [-0.05, 0) is 25.5 Å². The van der Waals surface area contributed by atoms with Crippen molar-refractivity contribution in [3.05, 3.63) is 42.0 Å². The summed E-state index contributed by atoms with van der Waals surface area (Å²) in [5.74, 6) is 0.337. The molecule has 2 aromatic carbocycles. The minimum absolute atomic E-state index is 0.260. The summed E-state index contributed by atoms with van der Waals surface area (Å²) in [5, 5.41) is 21.1. The Balaban J connectivity index is 2.04. The second-order valence-corrected chi connectivity index (χ2v) is 5.53. The van der Waals surface area contributed by atoms with E-state index in [1.165, 1.54) is 5.69 Å². The van der Waals surface area contributed by atoms with Crippen molar-refractivity contribution in [1.29, 1.82) is 5.26 Å². The molecule has 0 spiro atoms. The van der Waals surface area contributed by atoms with E-state index < -0.39 is 0 Å². The van der Waals surface area contributed by atoms with Crippen molar-refractivity contribution in [2.45, 2.75) is 19.4 Å². The molecule has 20 heavy (non-hydrogen) atoms. The zero-order valence-electron chi connectivity index (χ0n) is 11.6. The van der Waals surface area contributed by atoms with E-state index in [2.05, 4.69) is 17.0 Å². The zero-order chi connectivity index (χ0) is 14.1. The summed E-state index contributed by atoms with van der Waals surface area (Å²) in [6, 6.07) is 14.2. The van der Waals surface area contributed by atoms with Crippen molar-refractivity contribution in [3.63, 3.8) is 0 Å². The van der Waals surface area contributed by atoms with Gasteiger partial charge >= 0.3 is 0 Å². The number of nitriles is 1. The Labute approximate surface area is 119 Å². The monoisotopic (exact) mass is 266 g/mol. The van der Waals surface area contributed by atoms with Gasteiger partial charge in [0.2, 0.25) is 0 Å². The largest absolute Gasteiger partial charge is 0.393 e. The predicted octanol–water partition coefficient (Wildman–Crippen LogP) is 2.92. The second-order valence-electron chi connectivity index (χ2n) is 5.53. The fourth-order valence-electron chi connectivity index (χ4n) is 3.06. The summed E-state index contributed by atoms with van der Waals surface area (Å²) in [6.45, 7) is 3.71. The summed E-state index contributed by atoms with van der Waals surface area (Å²) in [4.78, 5) is 2.32. The third-order valence-corrected chi connectivity index (χ3v) is 4.27. The minimum atomic E-state index is -0.260. The molecule has 2 unspecified atom stereocenters. The molecule has 0 aliphatic carbocycles. The van der Waals surface area contributed by atoms with E-state index in [1.807, 2.05) is 37.3 Å². The molecule has 3 nitrogen and oxygen atoms in total. The summed E-state index contributed by atoms with van der Waals surface area (Å²) in [6.07, 6.45) is 0.760. The third-order valence-electron chi connectivity index (χ3n) is 4.27. The Morgan fingerprint density at radius 3 is 2.65 bits per heavy atom. The van der Waals surface area contributed by atoms with Gasteiger partial charge in [0.1, 0.15) is 0 Å². The molecular formula is C17H18N2O. The highest BCUT2D eigenvalue weighted by Gasteiger charge is 2.27. The smallest absolute Gasteiger partial charge is 0.0998 e. The fourth-order valence-corrected chi connectivity index (χ4v) is 3.06. The summed E-state index contributed by atoms with van der Waals surface area (Å²) >= 11 is 0. The van der Waals surface area contributed by atoms with Gasteiger partial charge in [-0.1, -0.05) is 24.3 Å². The van der Waals surface area contributed by atoms with E-state index in [-0.39, 0.29) is 6.10 Å². The van der Waals surface area contributed by atoms with E-state index in [1.54, 1.807) is 0 Å². The molecule has 3 heteroatoms. The van der Waals surface area contributed by atoms with Crippen LogP contribution in [0, 0.1) is 17.2 Å². The maximum Gasteiger partial charge on any atom is 0.0998 e. The topological polar surface area (TPSA) is 47.3 Å². The van der Waals surface area contributed by atoms with Gasteiger partial charge in [0.15, 0.2) is 0 Å². The van der Waals surface area contributed by atoms with Crippen LogP contribution in [0.25, 0.3) is 10.8 Å². The number of anilines is 1. The number of nitrogens with zero attached hydrogens (tertiary/aromatic N) is 2. The lowest BCUT2D eigenvalue weighted by Crippen LogP contribution is -2.24. The Hall–Kier alpha value is -2.05. The van der Waals surface area contributed by atoms with Gasteiger partial charge < -0.3 is 10.0 Å². The third kappa shape index (κ3) is 2.13. The average Bonchev–Trinajstić information content (AvgIpc) is 2.96. The second kappa shape index (κ2) is 5.15. The average molecular weight is 266 g/mol. The van der Waals surface area contributed by atoms with Crippen LogP contribution in [0.4, 0.5) is 5.69 Å². The Bertz CT molecular complexity index is 672. The summed E-state index contributed by atoms with van der Waals surface area (Å²) < 4.78 is 0. The molecule has 1 heterocycles. The number of rotatable bonds is 2. The van der Waals surface area contributed by atoms with Gasteiger partial charge in [-0.15, -0.1) is 0 Å². The molecule has 1 fully saturated rings. The van der Waals surface area contributed by atoms with Gasteiger partial charge in [0, 0.05) is 35.5 Å². The van der Waals surface area contributed by atoms with E-state index >= 15 is 0 Å². The van der Waals surface area contributed by atoms with E-state index in [0.29, 0.717) is 5.92 Å². The fraction of sp³-hybridized carbons (Fsp3) is 0.353. The quantitative estimate of drug-likeness (QED) is 0.909. The number of aliphatic hydroxyl groups excluding tert-OH is 1. The highest BCUT2D eigenvalue weighted by Crippen LogP contribution is 2.33. The van der Waals surface area contributed by atoms with Crippen LogP contribution in [0.15, 0.2) is 36.4 Å². The van der Waals surface area contributed by atoms with Gasteiger partial charge in [-0.3, -0.25) is 0 Å². The van der Waals surface area contributed by atoms with Gasteiger partial charge in [0.05, 0.1) is 17.7 Å². The molecule has 3 rings (SSSR count). The van der Waals surface area contributed by atoms with Crippen LogP contribution in [0.2, 0.25) is 0 Å². The number of fused-ring (bicyclic) bond motifs is 1. The first kappa shape index (κ1) is 13.0. The molecule has 1 aliphatic heterocycles. The van der Waals surface area contributed by atoms with Crippen molar-refractivity contribution in [2.75, 3.05) is 18.0 Å². The first-order valence-electron chi connectivity index (χ1n) is 7.05. The first-order valence-corrected chi connectivity index (χ1v) is 7.05. The molecule has 2 aromatic rings. The molecule has 0 radical (unpaired) electrons. The van der Waals surface area contributed by atoms with Crippen LogP contribution in [0.5, 0.6) is 0 Å². The summed E-state index contributed by atoms with van der Waals surface area (Å²) in [5.41, 5.74) is 1.89. The van der Waals surface area contributed by atoms with Crippen molar-refractivity contribution in [2.24, 2.45) is 5.92 Å². The van der Waals surface area contributed by atoms with Crippen molar-refractivity contribution in [3.8, 4) is 6.07 Å². The van der Waals surface area contributed by atoms with Crippen LogP contribution in [0.3, 0.4) is 0 Å². The molecule has 2 atom stereocenters. The number of hydrogen-bond acceptors (Lipinski definition) is 3. The van der Waals surface area contributed by atoms with E-state index in [4.69, 9.17) is 0 Å².